The van der Waals surface area contributed by atoms with E-state index in [0.717, 1.165) is 33.4 Å². The minimum absolute atomic E-state index is 0.309. The minimum Gasteiger partial charge on any atom is -0.382 e. The number of carbonyl (C=O) groups is 4. The van der Waals surface area contributed by atoms with Crippen molar-refractivity contribution < 1.29 is 39.6 Å². The molecule has 0 aromatic heterocycles. The van der Waals surface area contributed by atoms with Crippen molar-refractivity contribution in [2.75, 3.05) is 0 Å². The molecule has 1 aliphatic carbocycles. The summed E-state index contributed by atoms with van der Waals surface area (Å²) < 4.78 is 0. The molecule has 0 heterocycles. The summed E-state index contributed by atoms with van der Waals surface area (Å²) in [6, 6.07) is 24.6. The topological polar surface area (TPSA) is 149 Å². The second kappa shape index (κ2) is 12.9. The van der Waals surface area contributed by atoms with Crippen LogP contribution in [0.3, 0.4) is 0 Å². The van der Waals surface area contributed by atoms with Gasteiger partial charge in [0.05, 0.1) is 0 Å². The zero-order valence-electron chi connectivity index (χ0n) is 30.4. The number of carbonyl (C=O) groups excluding carboxylic acids is 4. The molecular weight excluding hydrogens is 644 g/mol. The van der Waals surface area contributed by atoms with E-state index in [1.54, 1.807) is 48.5 Å². The van der Waals surface area contributed by atoms with E-state index in [1.165, 1.54) is 55.4 Å². The van der Waals surface area contributed by atoms with E-state index in [4.69, 9.17) is 0 Å². The average molecular weight is 691 g/mol. The number of ketones is 4. The van der Waals surface area contributed by atoms with Crippen LogP contribution in [0.5, 0.6) is 0 Å². The van der Waals surface area contributed by atoms with Gasteiger partial charge in [-0.25, -0.2) is 0 Å². The monoisotopic (exact) mass is 690 g/mol. The Kier molecular flexibility index (Phi) is 9.50. The first kappa shape index (κ1) is 37.7. The Morgan fingerprint density at radius 3 is 0.961 bits per heavy atom. The van der Waals surface area contributed by atoms with Crippen LogP contribution in [0.1, 0.15) is 119 Å². The van der Waals surface area contributed by atoms with Crippen LogP contribution in [-0.2, 0) is 18.3 Å². The van der Waals surface area contributed by atoms with Gasteiger partial charge in [-0.05, 0) is 114 Å². The van der Waals surface area contributed by atoms with Crippen molar-refractivity contribution in [2.24, 2.45) is 0 Å². The summed E-state index contributed by atoms with van der Waals surface area (Å²) in [7, 11) is 0. The molecule has 0 atom stereocenters. The fraction of sp³-hybridized carbons (Fsp3) is 0.349. The summed E-state index contributed by atoms with van der Waals surface area (Å²) >= 11 is 0. The smallest absolute Gasteiger partial charge is 0.193 e. The Labute approximate surface area is 298 Å². The summed E-state index contributed by atoms with van der Waals surface area (Å²) in [4.78, 5) is 52.6. The Balaban J connectivity index is 1.77. The van der Waals surface area contributed by atoms with Gasteiger partial charge in [0.1, 0.15) is 22.4 Å². The van der Waals surface area contributed by atoms with Crippen LogP contribution in [0.4, 0.5) is 0 Å². The standard InChI is InChI=1S/C43H46O8/c1-39(2,48)35(44)27-13-9-25(10-14-27)23-43(24-26-11-15-28(16-12-26)36(45)40(3,4)49)33-21-29(37(46)41(5,6)50)17-19-31(33)32-20-18-30(22-34(32)43)38(47)42(7,8)51/h9-22,48-51H,23-24H2,1-8H3. The molecule has 0 unspecified atom stereocenters. The van der Waals surface area contributed by atoms with Crippen LogP contribution in [-0.4, -0.2) is 66.0 Å². The van der Waals surface area contributed by atoms with E-state index >= 15 is 0 Å². The molecule has 4 aromatic carbocycles. The van der Waals surface area contributed by atoms with Gasteiger partial charge in [-0.15, -0.1) is 0 Å². The summed E-state index contributed by atoms with van der Waals surface area (Å²) in [5.74, 6) is -1.77. The third kappa shape index (κ3) is 7.41. The quantitative estimate of drug-likeness (QED) is 0.128. The molecule has 1 aliphatic rings. The van der Waals surface area contributed by atoms with Crippen LogP contribution in [0.25, 0.3) is 11.1 Å². The number of hydrogen-bond acceptors (Lipinski definition) is 8. The molecule has 4 N–H and O–H groups in total. The molecular formula is C43H46O8. The van der Waals surface area contributed by atoms with E-state index in [1.807, 2.05) is 36.4 Å². The molecule has 0 radical (unpaired) electrons. The second-order valence-electron chi connectivity index (χ2n) is 15.9. The lowest BCUT2D eigenvalue weighted by Gasteiger charge is -2.34. The van der Waals surface area contributed by atoms with Crippen LogP contribution in [0.15, 0.2) is 84.9 Å². The number of aliphatic hydroxyl groups is 4. The number of hydrogen-bond donors (Lipinski definition) is 4. The molecule has 0 spiro atoms. The minimum atomic E-state index is -1.64. The first-order valence-electron chi connectivity index (χ1n) is 17.0. The highest BCUT2D eigenvalue weighted by Gasteiger charge is 2.45. The molecule has 8 nitrogen and oxygen atoms in total. The normalized spacial score (nSPS) is 14.1. The number of benzene rings is 4. The fourth-order valence-electron chi connectivity index (χ4n) is 6.88. The second-order valence-corrected chi connectivity index (χ2v) is 15.9. The molecule has 51 heavy (non-hydrogen) atoms. The third-order valence-corrected chi connectivity index (χ3v) is 9.55. The summed E-state index contributed by atoms with van der Waals surface area (Å²) in [5.41, 5.74) is -1.12. The maximum atomic E-state index is 13.5. The van der Waals surface area contributed by atoms with E-state index < -0.39 is 51.0 Å². The van der Waals surface area contributed by atoms with Gasteiger partial charge in [-0.2, -0.15) is 0 Å². The first-order valence-corrected chi connectivity index (χ1v) is 17.0. The van der Waals surface area contributed by atoms with Crippen LogP contribution in [0.2, 0.25) is 0 Å². The zero-order valence-corrected chi connectivity index (χ0v) is 30.4. The Morgan fingerprint density at radius 1 is 0.431 bits per heavy atom. The molecule has 0 amide bonds. The van der Waals surface area contributed by atoms with Gasteiger partial charge >= 0.3 is 0 Å². The maximum Gasteiger partial charge on any atom is 0.193 e. The van der Waals surface area contributed by atoms with E-state index in [2.05, 4.69) is 0 Å². The SMILES string of the molecule is CC(C)(O)C(=O)c1ccc(CC2(Cc3ccc(C(=O)C(C)(C)O)cc3)c3cc(C(=O)C(C)(C)O)ccc3-c3ccc(C(=O)C(C)(C)O)cc32)cc1. The predicted octanol–water partition coefficient (Wildman–Crippen LogP) is 6.25. The van der Waals surface area contributed by atoms with Crippen LogP contribution >= 0.6 is 0 Å². The molecule has 0 saturated heterocycles. The summed E-state index contributed by atoms with van der Waals surface area (Å²) in [6.07, 6.45) is 0.684. The summed E-state index contributed by atoms with van der Waals surface area (Å²) in [5, 5.41) is 42.1. The molecule has 8 heteroatoms. The lowest BCUT2D eigenvalue weighted by atomic mass is 9.68. The van der Waals surface area contributed by atoms with E-state index in [0.29, 0.717) is 35.1 Å². The van der Waals surface area contributed by atoms with Gasteiger partial charge in [0.15, 0.2) is 23.1 Å². The summed E-state index contributed by atoms with van der Waals surface area (Å²) in [6.45, 7) is 11.5. The van der Waals surface area contributed by atoms with E-state index in [-0.39, 0.29) is 0 Å². The highest BCUT2D eigenvalue weighted by molar-refractivity contribution is 6.05. The predicted molar refractivity (Wildman–Crippen MR) is 195 cm³/mol. The highest BCUT2D eigenvalue weighted by Crippen LogP contribution is 2.53. The van der Waals surface area contributed by atoms with Crippen LogP contribution in [0, 0.1) is 0 Å². The van der Waals surface area contributed by atoms with Gasteiger partial charge in [-0.3, -0.25) is 19.2 Å². The zero-order chi connectivity index (χ0) is 37.9. The van der Waals surface area contributed by atoms with Gasteiger partial charge < -0.3 is 20.4 Å². The van der Waals surface area contributed by atoms with Crippen LogP contribution < -0.4 is 0 Å². The average Bonchev–Trinajstić information content (AvgIpc) is 3.30. The first-order chi connectivity index (χ1) is 23.4. The van der Waals surface area contributed by atoms with Crippen molar-refractivity contribution in [2.45, 2.75) is 96.1 Å². The molecule has 0 saturated carbocycles. The van der Waals surface area contributed by atoms with Gasteiger partial charge in [0.25, 0.3) is 0 Å². The van der Waals surface area contributed by atoms with Gasteiger partial charge in [0.2, 0.25) is 0 Å². The Hall–Kier alpha value is -4.60. The fourth-order valence-corrected chi connectivity index (χ4v) is 6.88. The molecule has 0 aliphatic heterocycles. The molecule has 5 rings (SSSR count). The Morgan fingerprint density at radius 2 is 0.686 bits per heavy atom. The molecule has 0 bridgehead atoms. The van der Waals surface area contributed by atoms with Gasteiger partial charge in [-0.1, -0.05) is 72.8 Å². The Bertz CT molecular complexity index is 1880. The third-order valence-electron chi connectivity index (χ3n) is 9.55. The van der Waals surface area contributed by atoms with E-state index in [9.17, 15) is 39.6 Å². The van der Waals surface area contributed by atoms with Crippen molar-refractivity contribution in [1.82, 2.24) is 0 Å². The lowest BCUT2D eigenvalue weighted by Crippen LogP contribution is -2.34. The van der Waals surface area contributed by atoms with Crippen molar-refractivity contribution in [3.8, 4) is 11.1 Å². The number of rotatable bonds is 12. The van der Waals surface area contributed by atoms with Crippen molar-refractivity contribution in [3.05, 3.63) is 129 Å². The molecule has 0 fully saturated rings. The number of Topliss-reactive ketones (excluding diaryl/α,β-unsaturated/α-hetero) is 4. The van der Waals surface area contributed by atoms with Crippen molar-refractivity contribution in [3.63, 3.8) is 0 Å². The number of fused-ring (bicyclic) bond motifs is 3. The molecule has 266 valence electrons. The molecule has 4 aromatic rings. The van der Waals surface area contributed by atoms with Crippen molar-refractivity contribution in [1.29, 1.82) is 0 Å². The van der Waals surface area contributed by atoms with Gasteiger partial charge in [0, 0.05) is 27.7 Å². The highest BCUT2D eigenvalue weighted by atomic mass is 16.3. The lowest BCUT2D eigenvalue weighted by molar-refractivity contribution is 0.0487. The van der Waals surface area contributed by atoms with Crippen molar-refractivity contribution >= 4 is 23.1 Å². The largest absolute Gasteiger partial charge is 0.382 e. The maximum absolute atomic E-state index is 13.5.